The maximum atomic E-state index is 12.7. The van der Waals surface area contributed by atoms with Crippen LogP contribution in [-0.2, 0) is 32.7 Å². The predicted octanol–water partition coefficient (Wildman–Crippen LogP) is 11.2. The molecule has 0 bridgehead atoms. The van der Waals surface area contributed by atoms with Gasteiger partial charge in [0, 0.05) is 12.8 Å². The number of esters is 2. The molecule has 0 fully saturated rings. The molecular formula is C50H80NO9P. The van der Waals surface area contributed by atoms with Crippen molar-refractivity contribution in [2.75, 3.05) is 47.5 Å². The van der Waals surface area contributed by atoms with E-state index in [4.69, 9.17) is 18.5 Å². The second kappa shape index (κ2) is 40.4. The summed E-state index contributed by atoms with van der Waals surface area (Å²) >= 11 is 0. The zero-order valence-corrected chi connectivity index (χ0v) is 39.1. The van der Waals surface area contributed by atoms with Crippen LogP contribution in [0.15, 0.2) is 122 Å². The first-order valence-corrected chi connectivity index (χ1v) is 23.8. The summed E-state index contributed by atoms with van der Waals surface area (Å²) < 4.78 is 33.7. The van der Waals surface area contributed by atoms with Crippen molar-refractivity contribution in [3.05, 3.63) is 122 Å². The highest BCUT2D eigenvalue weighted by atomic mass is 31.2. The van der Waals surface area contributed by atoms with Crippen molar-refractivity contribution in [2.24, 2.45) is 0 Å². The van der Waals surface area contributed by atoms with Gasteiger partial charge in [-0.1, -0.05) is 148 Å². The monoisotopic (exact) mass is 870 g/mol. The third-order valence-electron chi connectivity index (χ3n) is 8.55. The topological polar surface area (TPSA) is 131 Å². The van der Waals surface area contributed by atoms with Crippen molar-refractivity contribution < 1.29 is 47.2 Å². The summed E-state index contributed by atoms with van der Waals surface area (Å²) in [7, 11) is 1.04. The van der Waals surface area contributed by atoms with Crippen LogP contribution in [-0.4, -0.2) is 81.2 Å². The van der Waals surface area contributed by atoms with Crippen LogP contribution in [0.4, 0.5) is 0 Å². The summed E-state index contributed by atoms with van der Waals surface area (Å²) in [4.78, 5) is 37.5. The Labute approximate surface area is 370 Å². The van der Waals surface area contributed by atoms with Crippen LogP contribution < -0.4 is 4.89 Å². The SMILES string of the molecule is CC/C=C\C/C=C\C/C=C\C/C=C\C/C=C\C/C=C\CCC(=O)O[C@H](COC(=O)CCC/C=C\C/C=C\C/C=C\C/C=C\[C@@H](O)CCCC)COP(=O)([O-])OCC[N+](C)(C)C. The van der Waals surface area contributed by atoms with Crippen LogP contribution in [0.1, 0.15) is 123 Å². The molecule has 11 heteroatoms. The largest absolute Gasteiger partial charge is 0.756 e. The summed E-state index contributed by atoms with van der Waals surface area (Å²) in [6.07, 6.45) is 53.0. The van der Waals surface area contributed by atoms with E-state index in [1.165, 1.54) is 0 Å². The molecule has 61 heavy (non-hydrogen) atoms. The number of ether oxygens (including phenoxy) is 2. The molecule has 0 radical (unpaired) electrons. The Balaban J connectivity index is 4.63. The molecule has 1 unspecified atom stereocenters. The number of rotatable bonds is 38. The number of hydrogen-bond donors (Lipinski definition) is 1. The maximum Gasteiger partial charge on any atom is 0.306 e. The number of quaternary nitrogens is 1. The van der Waals surface area contributed by atoms with Gasteiger partial charge in [0.1, 0.15) is 19.8 Å². The number of phosphoric acid groups is 1. The molecule has 0 saturated carbocycles. The molecule has 344 valence electrons. The number of aliphatic hydroxyl groups is 1. The maximum absolute atomic E-state index is 12.7. The third-order valence-corrected chi connectivity index (χ3v) is 9.51. The Kier molecular flexibility index (Phi) is 38.0. The van der Waals surface area contributed by atoms with Crippen LogP contribution in [0.5, 0.6) is 0 Å². The van der Waals surface area contributed by atoms with E-state index in [1.54, 1.807) is 0 Å². The van der Waals surface area contributed by atoms with Gasteiger partial charge in [-0.05, 0) is 83.5 Å². The number of hydrogen-bond acceptors (Lipinski definition) is 9. The third kappa shape index (κ3) is 44.2. The zero-order chi connectivity index (χ0) is 45.1. The lowest BCUT2D eigenvalue weighted by Gasteiger charge is -2.28. The normalized spacial score (nSPS) is 15.2. The molecule has 0 heterocycles. The molecule has 0 aromatic rings. The Morgan fingerprint density at radius 1 is 0.607 bits per heavy atom. The van der Waals surface area contributed by atoms with Crippen molar-refractivity contribution in [1.82, 2.24) is 0 Å². The van der Waals surface area contributed by atoms with Gasteiger partial charge >= 0.3 is 11.9 Å². The lowest BCUT2D eigenvalue weighted by Crippen LogP contribution is -2.37. The number of unbranched alkanes of at least 4 members (excludes halogenated alkanes) is 2. The molecule has 3 atom stereocenters. The quantitative estimate of drug-likeness (QED) is 0.0212. The molecule has 0 aliphatic rings. The molecule has 0 aliphatic carbocycles. The summed E-state index contributed by atoms with van der Waals surface area (Å²) in [5, 5.41) is 9.82. The molecule has 0 amide bonds. The van der Waals surface area contributed by atoms with Gasteiger partial charge in [-0.3, -0.25) is 14.2 Å². The molecule has 0 aliphatic heterocycles. The Hall–Kier alpha value is -3.63. The predicted molar refractivity (Wildman–Crippen MR) is 250 cm³/mol. The average Bonchev–Trinajstić information content (AvgIpc) is 3.21. The standard InChI is InChI=1S/C50H80NO9P/c1-6-8-10-11-12-13-14-15-16-17-18-19-20-21-26-29-32-35-38-42-50(54)60-48(46-59-61(55,56)58-44-43-51(3,4)5)45-57-49(53)41-37-34-31-28-25-23-22-24-27-30-33-36-40-47(52)39-9-7-2/h8,10,12-13,15-16,18-19,21-23,26-28,30-32,35-36,40,47-48,52H,6-7,9,11,14,17,20,24-25,29,33-34,37-39,41-46H2,1-5H3/b10-8-,13-12-,16-15-,19-18-,23-22-,26-21-,30-27-,31-28-,35-32-,40-36-/t47-,48+/m0/s1. The van der Waals surface area contributed by atoms with E-state index >= 15 is 0 Å². The van der Waals surface area contributed by atoms with Gasteiger partial charge in [0.25, 0.3) is 7.82 Å². The zero-order valence-electron chi connectivity index (χ0n) is 38.2. The van der Waals surface area contributed by atoms with Crippen molar-refractivity contribution in [2.45, 2.75) is 135 Å². The second-order valence-corrected chi connectivity index (χ2v) is 16.9. The fourth-order valence-corrected chi connectivity index (χ4v) is 5.77. The van der Waals surface area contributed by atoms with Gasteiger partial charge in [0.05, 0.1) is 33.9 Å². The molecular weight excluding hydrogens is 790 g/mol. The number of nitrogens with zero attached hydrogens (tertiary/aromatic N) is 1. The van der Waals surface area contributed by atoms with Crippen molar-refractivity contribution in [3.8, 4) is 0 Å². The van der Waals surface area contributed by atoms with E-state index in [0.29, 0.717) is 30.3 Å². The van der Waals surface area contributed by atoms with E-state index in [0.717, 1.165) is 77.0 Å². The number of aliphatic hydroxyl groups excluding tert-OH is 1. The summed E-state index contributed by atoms with van der Waals surface area (Å²) in [6.45, 7) is 3.75. The van der Waals surface area contributed by atoms with E-state index in [2.05, 4.69) is 98.9 Å². The number of carbonyl (C=O) groups excluding carboxylic acids is 2. The summed E-state index contributed by atoms with van der Waals surface area (Å²) in [6, 6.07) is 0. The van der Waals surface area contributed by atoms with Gasteiger partial charge in [0.15, 0.2) is 6.10 Å². The molecule has 0 aromatic carbocycles. The van der Waals surface area contributed by atoms with E-state index in [1.807, 2.05) is 57.6 Å². The van der Waals surface area contributed by atoms with Crippen LogP contribution >= 0.6 is 7.82 Å². The smallest absolute Gasteiger partial charge is 0.306 e. The molecule has 0 aromatic heterocycles. The fraction of sp³-hybridized carbons (Fsp3) is 0.560. The highest BCUT2D eigenvalue weighted by molar-refractivity contribution is 7.45. The van der Waals surface area contributed by atoms with Crippen molar-refractivity contribution in [1.29, 1.82) is 0 Å². The minimum Gasteiger partial charge on any atom is -0.756 e. The first-order chi connectivity index (χ1) is 29.4. The van der Waals surface area contributed by atoms with Crippen LogP contribution in [0, 0.1) is 0 Å². The van der Waals surface area contributed by atoms with E-state index in [-0.39, 0.29) is 32.2 Å². The Morgan fingerprint density at radius 3 is 1.57 bits per heavy atom. The first-order valence-electron chi connectivity index (χ1n) is 22.3. The minimum absolute atomic E-state index is 0.0673. The van der Waals surface area contributed by atoms with Gasteiger partial charge in [-0.25, -0.2) is 0 Å². The first kappa shape index (κ1) is 57.4. The van der Waals surface area contributed by atoms with Crippen LogP contribution in [0.25, 0.3) is 0 Å². The number of carbonyl (C=O) groups is 2. The Bertz CT molecular complexity index is 1460. The van der Waals surface area contributed by atoms with Crippen LogP contribution in [0.2, 0.25) is 0 Å². The highest BCUT2D eigenvalue weighted by Gasteiger charge is 2.21. The van der Waals surface area contributed by atoms with Crippen molar-refractivity contribution >= 4 is 19.8 Å². The van der Waals surface area contributed by atoms with Gasteiger partial charge in [0.2, 0.25) is 0 Å². The summed E-state index contributed by atoms with van der Waals surface area (Å²) in [5.41, 5.74) is 0. The lowest BCUT2D eigenvalue weighted by molar-refractivity contribution is -0.870. The van der Waals surface area contributed by atoms with Gasteiger partial charge in [-0.15, -0.1) is 0 Å². The average molecular weight is 870 g/mol. The molecule has 0 rings (SSSR count). The molecule has 0 spiro atoms. The number of phosphoric ester groups is 1. The highest BCUT2D eigenvalue weighted by Crippen LogP contribution is 2.38. The molecule has 1 N–H and O–H groups in total. The summed E-state index contributed by atoms with van der Waals surface area (Å²) in [5.74, 6) is -1.04. The fourth-order valence-electron chi connectivity index (χ4n) is 5.04. The molecule has 10 nitrogen and oxygen atoms in total. The van der Waals surface area contributed by atoms with Gasteiger partial charge in [-0.2, -0.15) is 0 Å². The van der Waals surface area contributed by atoms with Crippen molar-refractivity contribution in [3.63, 3.8) is 0 Å². The second-order valence-electron chi connectivity index (χ2n) is 15.5. The lowest BCUT2D eigenvalue weighted by atomic mass is 10.1. The van der Waals surface area contributed by atoms with Gasteiger partial charge < -0.3 is 33.0 Å². The minimum atomic E-state index is -4.68. The number of likely N-dealkylation sites (N-methyl/N-ethyl adjacent to an activating group) is 1. The number of allylic oxidation sites excluding steroid dienone is 19. The van der Waals surface area contributed by atoms with E-state index < -0.39 is 32.5 Å². The molecule has 0 saturated heterocycles. The van der Waals surface area contributed by atoms with E-state index in [9.17, 15) is 24.2 Å². The Morgan fingerprint density at radius 2 is 1.08 bits per heavy atom. The van der Waals surface area contributed by atoms with Crippen LogP contribution in [0.3, 0.4) is 0 Å².